The van der Waals surface area contributed by atoms with Crippen LogP contribution in [0.5, 0.6) is 17.2 Å². The number of ether oxygens (including phenoxy) is 3. The molecule has 0 spiro atoms. The minimum absolute atomic E-state index is 0.00776. The smallest absolute Gasteiger partial charge is 0.326 e. The molecule has 0 saturated heterocycles. The van der Waals surface area contributed by atoms with Crippen molar-refractivity contribution < 1.29 is 37.3 Å². The van der Waals surface area contributed by atoms with Gasteiger partial charge in [0, 0.05) is 19.0 Å². The van der Waals surface area contributed by atoms with E-state index in [0.29, 0.717) is 67.0 Å². The highest BCUT2D eigenvalue weighted by Gasteiger charge is 2.43. The fourth-order valence-electron chi connectivity index (χ4n) is 8.65. The molecule has 1 unspecified atom stereocenters. The standard InChI is InChI=1S/C50H45Cl2N5O8S2/c1-29-49(66-50(54-29)55-38-4-2-3-5-38)67(61,62)57-26-37-24-45-44(64-28-46(65-45)35-15-17-39(18-16-35)63-27-32-10-19-40(51)41(52)20-32)23-36(37)22-43(57)47(58)56-42(48(59)60)21-30-6-11-33(12-7-30)34-13-8-31(25-53)9-14-34/h6-20,23-24,38,42-43,46H,2-5,21-22,26-28H2,1H3,(H,54,55)(H,56,58)(H,59,60)/t42-,43-,46?/m0/s1. The number of aryl methyl sites for hydroxylation is 1. The van der Waals surface area contributed by atoms with Gasteiger partial charge in [-0.25, -0.2) is 18.2 Å². The second kappa shape index (κ2) is 19.6. The maximum absolute atomic E-state index is 14.9. The molecular formula is C50H45Cl2N5O8S2. The van der Waals surface area contributed by atoms with Crippen LogP contribution in [0.2, 0.25) is 10.0 Å². The Morgan fingerprint density at radius 1 is 0.925 bits per heavy atom. The van der Waals surface area contributed by atoms with Gasteiger partial charge in [0.15, 0.2) is 26.9 Å². The molecule has 67 heavy (non-hydrogen) atoms. The number of carbonyl (C=O) groups is 2. The molecule has 9 rings (SSSR count). The van der Waals surface area contributed by atoms with Crippen molar-refractivity contribution in [3.05, 3.63) is 152 Å². The van der Waals surface area contributed by atoms with Gasteiger partial charge in [-0.2, -0.15) is 9.57 Å². The molecule has 1 amide bonds. The Hall–Kier alpha value is -6.15. The molecule has 0 radical (unpaired) electrons. The number of nitrogens with one attached hydrogen (secondary N) is 2. The zero-order valence-corrected chi connectivity index (χ0v) is 39.4. The second-order valence-corrected chi connectivity index (χ2v) is 20.8. The maximum atomic E-state index is 14.9. The summed E-state index contributed by atoms with van der Waals surface area (Å²) in [5, 5.41) is 27.0. The number of anilines is 1. The van der Waals surface area contributed by atoms with E-state index < -0.39 is 40.1 Å². The molecule has 1 fully saturated rings. The average molecular weight is 979 g/mol. The van der Waals surface area contributed by atoms with E-state index >= 15 is 0 Å². The number of fused-ring (bicyclic) bond motifs is 2. The van der Waals surface area contributed by atoms with Gasteiger partial charge in [-0.3, -0.25) is 4.79 Å². The van der Waals surface area contributed by atoms with Crippen LogP contribution < -0.4 is 24.8 Å². The number of benzene rings is 5. The minimum atomic E-state index is -4.37. The number of rotatable bonds is 14. The van der Waals surface area contributed by atoms with Crippen LogP contribution >= 0.6 is 34.5 Å². The third-order valence-electron chi connectivity index (χ3n) is 12.3. The molecule has 13 nitrogen and oxygen atoms in total. The summed E-state index contributed by atoms with van der Waals surface area (Å²) < 4.78 is 49.6. The van der Waals surface area contributed by atoms with E-state index in [9.17, 15) is 23.1 Å². The van der Waals surface area contributed by atoms with Crippen LogP contribution in [0, 0.1) is 18.3 Å². The van der Waals surface area contributed by atoms with Crippen molar-refractivity contribution in [2.24, 2.45) is 0 Å². The second-order valence-electron chi connectivity index (χ2n) is 16.9. The van der Waals surface area contributed by atoms with Crippen molar-refractivity contribution in [1.29, 1.82) is 5.26 Å². The highest BCUT2D eigenvalue weighted by Crippen LogP contribution is 2.43. The zero-order chi connectivity index (χ0) is 46.8. The first kappa shape index (κ1) is 46.0. The lowest BCUT2D eigenvalue weighted by molar-refractivity contribution is -0.142. The van der Waals surface area contributed by atoms with Crippen molar-refractivity contribution in [2.45, 2.75) is 87.0 Å². The molecule has 3 heterocycles. The van der Waals surface area contributed by atoms with Gasteiger partial charge in [0.05, 0.1) is 27.4 Å². The number of halogens is 2. The normalized spacial score (nSPS) is 17.5. The number of amides is 1. The third kappa shape index (κ3) is 10.2. The van der Waals surface area contributed by atoms with Gasteiger partial charge >= 0.3 is 5.97 Å². The highest BCUT2D eigenvalue weighted by atomic mass is 35.5. The molecule has 0 bridgehead atoms. The Kier molecular flexibility index (Phi) is 13.4. The number of sulfonamides is 1. The fraction of sp³-hybridized carbons (Fsp3) is 0.280. The fourth-order valence-corrected chi connectivity index (χ4v) is 12.1. The van der Waals surface area contributed by atoms with Gasteiger partial charge in [0.1, 0.15) is 31.0 Å². The van der Waals surface area contributed by atoms with Crippen molar-refractivity contribution in [3.8, 4) is 34.4 Å². The molecule has 344 valence electrons. The number of carboxylic acids is 1. The molecule has 6 aromatic rings. The largest absolute Gasteiger partial charge is 0.489 e. The SMILES string of the molecule is Cc1nc(NC2CCCC2)sc1S(=O)(=O)N1Cc2cc3c(cc2C[C@H]1C(=O)N[C@@H](Cc1ccc(-c2ccc(C#N)cc2)cc1)C(=O)O)OCC(c1ccc(OCc2ccc(Cl)c(Cl)c2)cc1)O3. The Morgan fingerprint density at radius 3 is 2.30 bits per heavy atom. The molecule has 17 heteroatoms. The van der Waals surface area contributed by atoms with Gasteiger partial charge in [0.25, 0.3) is 10.0 Å². The summed E-state index contributed by atoms with van der Waals surface area (Å²) in [6.45, 7) is 1.93. The van der Waals surface area contributed by atoms with Crippen LogP contribution in [0.25, 0.3) is 11.1 Å². The van der Waals surface area contributed by atoms with Crippen molar-refractivity contribution in [1.82, 2.24) is 14.6 Å². The van der Waals surface area contributed by atoms with E-state index in [1.165, 1.54) is 0 Å². The van der Waals surface area contributed by atoms with E-state index in [2.05, 4.69) is 21.7 Å². The zero-order valence-electron chi connectivity index (χ0n) is 36.2. The van der Waals surface area contributed by atoms with Crippen LogP contribution in [0.4, 0.5) is 5.13 Å². The quantitative estimate of drug-likeness (QED) is 0.0946. The van der Waals surface area contributed by atoms with Gasteiger partial charge in [-0.15, -0.1) is 0 Å². The average Bonchev–Trinajstić information content (AvgIpc) is 4.00. The number of hydrogen-bond donors (Lipinski definition) is 3. The molecule has 3 atom stereocenters. The summed E-state index contributed by atoms with van der Waals surface area (Å²) in [6, 6.07) is 30.3. The number of hydrogen-bond acceptors (Lipinski definition) is 11. The van der Waals surface area contributed by atoms with Gasteiger partial charge < -0.3 is 30.0 Å². The highest BCUT2D eigenvalue weighted by molar-refractivity contribution is 7.91. The summed E-state index contributed by atoms with van der Waals surface area (Å²) in [5.74, 6) is -0.510. The van der Waals surface area contributed by atoms with E-state index in [0.717, 1.165) is 63.6 Å². The monoisotopic (exact) mass is 977 g/mol. The minimum Gasteiger partial charge on any atom is -0.489 e. The molecule has 3 N–H and O–H groups in total. The van der Waals surface area contributed by atoms with E-state index in [4.69, 9.17) is 42.7 Å². The number of thiazole rings is 1. The first-order valence-electron chi connectivity index (χ1n) is 21.8. The van der Waals surface area contributed by atoms with E-state index in [-0.39, 0.29) is 36.2 Å². The molecule has 1 aromatic heterocycles. The number of nitriles is 1. The number of aromatic nitrogens is 1. The lowest BCUT2D eigenvalue weighted by Crippen LogP contribution is -2.55. The molecular weight excluding hydrogens is 934 g/mol. The lowest BCUT2D eigenvalue weighted by atomic mass is 9.94. The van der Waals surface area contributed by atoms with Crippen LogP contribution in [0.15, 0.2) is 107 Å². The van der Waals surface area contributed by atoms with Gasteiger partial charge in [-0.05, 0) is 114 Å². The van der Waals surface area contributed by atoms with Crippen LogP contribution in [-0.4, -0.2) is 59.4 Å². The summed E-state index contributed by atoms with van der Waals surface area (Å²) in [5.41, 5.74) is 6.24. The Labute approximate surface area is 402 Å². The van der Waals surface area contributed by atoms with E-state index in [1.54, 1.807) is 55.5 Å². The topological polar surface area (TPSA) is 180 Å². The van der Waals surface area contributed by atoms with E-state index in [1.807, 2.05) is 54.6 Å². The molecule has 2 aliphatic heterocycles. The van der Waals surface area contributed by atoms with Crippen molar-refractivity contribution in [3.63, 3.8) is 0 Å². The third-order valence-corrected chi connectivity index (χ3v) is 16.6. The number of carboxylic acid groups (broad SMARTS) is 1. The number of nitrogens with zero attached hydrogens (tertiary/aromatic N) is 3. The predicted octanol–water partition coefficient (Wildman–Crippen LogP) is 9.67. The summed E-state index contributed by atoms with van der Waals surface area (Å²) in [4.78, 5) is 31.8. The Bertz CT molecular complexity index is 2970. The molecule has 1 aliphatic carbocycles. The maximum Gasteiger partial charge on any atom is 0.326 e. The van der Waals surface area contributed by atoms with Crippen LogP contribution in [0.3, 0.4) is 0 Å². The lowest BCUT2D eigenvalue weighted by Gasteiger charge is -2.36. The van der Waals surface area contributed by atoms with Crippen molar-refractivity contribution >= 4 is 61.6 Å². The molecule has 1 saturated carbocycles. The van der Waals surface area contributed by atoms with Gasteiger partial charge in [0.2, 0.25) is 5.91 Å². The van der Waals surface area contributed by atoms with Crippen LogP contribution in [0.1, 0.15) is 70.9 Å². The van der Waals surface area contributed by atoms with Crippen molar-refractivity contribution in [2.75, 3.05) is 11.9 Å². The van der Waals surface area contributed by atoms with Crippen LogP contribution in [-0.2, 0) is 45.6 Å². The molecule has 5 aromatic carbocycles. The summed E-state index contributed by atoms with van der Waals surface area (Å²) >= 11 is 13.2. The predicted molar refractivity (Wildman–Crippen MR) is 255 cm³/mol. The first-order valence-corrected chi connectivity index (χ1v) is 24.8. The number of carbonyl (C=O) groups excluding carboxylic acids is 1. The Balaban J connectivity index is 0.952. The summed E-state index contributed by atoms with van der Waals surface area (Å²) in [6.07, 6.45) is 3.51. The number of aliphatic carboxylic acids is 1. The molecule has 3 aliphatic rings. The first-order chi connectivity index (χ1) is 32.3. The Morgan fingerprint density at radius 2 is 1.61 bits per heavy atom. The van der Waals surface area contributed by atoms with Gasteiger partial charge in [-0.1, -0.05) is 102 Å². The summed E-state index contributed by atoms with van der Waals surface area (Å²) in [7, 11) is -4.37.